The lowest BCUT2D eigenvalue weighted by Gasteiger charge is -2.28. The molecule has 1 aliphatic heterocycles. The first-order valence-electron chi connectivity index (χ1n) is 8.70. The van der Waals surface area contributed by atoms with Gasteiger partial charge in [0.15, 0.2) is 0 Å². The maximum Gasteiger partial charge on any atom is 0.326 e. The first kappa shape index (κ1) is 19.9. The Morgan fingerprint density at radius 3 is 2.46 bits per heavy atom. The minimum absolute atomic E-state index is 0.100. The Bertz CT molecular complexity index is 637. The molecule has 2 unspecified atom stereocenters. The van der Waals surface area contributed by atoms with Gasteiger partial charge in [-0.3, -0.25) is 14.9 Å². The highest BCUT2D eigenvalue weighted by Crippen LogP contribution is 2.18. The number of likely N-dealkylation sites (tertiary alicyclic amines) is 1. The number of carboxylic acid groups (broad SMARTS) is 2. The molecule has 1 amide bonds. The second-order valence-corrected chi connectivity index (χ2v) is 6.40. The second-order valence-electron chi connectivity index (χ2n) is 6.40. The lowest BCUT2D eigenvalue weighted by atomic mass is 10.0. The summed E-state index contributed by atoms with van der Waals surface area (Å²) >= 11 is 0. The van der Waals surface area contributed by atoms with Crippen molar-refractivity contribution in [1.29, 1.82) is 0 Å². The zero-order valence-electron chi connectivity index (χ0n) is 14.5. The van der Waals surface area contributed by atoms with Crippen molar-refractivity contribution < 1.29 is 24.6 Å². The van der Waals surface area contributed by atoms with Crippen LogP contribution in [0.5, 0.6) is 0 Å². The smallest absolute Gasteiger partial charge is 0.326 e. The summed E-state index contributed by atoms with van der Waals surface area (Å²) in [5.41, 5.74) is 6.67. The molecule has 8 heteroatoms. The molecule has 2 rings (SSSR count). The predicted molar refractivity (Wildman–Crippen MR) is 94.5 cm³/mol. The number of carboxylic acids is 2. The van der Waals surface area contributed by atoms with E-state index in [1.54, 1.807) is 0 Å². The van der Waals surface area contributed by atoms with Crippen LogP contribution < -0.4 is 11.1 Å². The standard InChI is InChI=1S/C18H25N3O5/c19-11-14(16(22)21-10-4-7-15(21)18(25)26)20-13(17(23)24)9-8-12-5-2-1-3-6-12/h1-3,5-6,13-15,20H,4,7-11,19H2,(H,23,24)(H,25,26)/t13?,14?,15-/m0/s1. The van der Waals surface area contributed by atoms with Crippen molar-refractivity contribution >= 4 is 17.8 Å². The minimum Gasteiger partial charge on any atom is -0.480 e. The van der Waals surface area contributed by atoms with E-state index in [0.29, 0.717) is 32.2 Å². The van der Waals surface area contributed by atoms with Gasteiger partial charge in [0, 0.05) is 13.1 Å². The molecule has 1 aromatic rings. The average molecular weight is 363 g/mol. The molecule has 0 aliphatic carbocycles. The van der Waals surface area contributed by atoms with Crippen LogP contribution in [-0.4, -0.2) is 64.2 Å². The molecule has 0 radical (unpaired) electrons. The predicted octanol–water partition coefficient (Wildman–Crippen LogP) is 0.0649. The molecule has 8 nitrogen and oxygen atoms in total. The highest BCUT2D eigenvalue weighted by Gasteiger charge is 2.37. The lowest BCUT2D eigenvalue weighted by molar-refractivity contribution is -0.149. The van der Waals surface area contributed by atoms with Crippen molar-refractivity contribution in [1.82, 2.24) is 10.2 Å². The molecule has 142 valence electrons. The summed E-state index contributed by atoms with van der Waals surface area (Å²) in [7, 11) is 0. The van der Waals surface area contributed by atoms with Gasteiger partial charge >= 0.3 is 11.9 Å². The molecule has 0 spiro atoms. The van der Waals surface area contributed by atoms with Gasteiger partial charge in [0.1, 0.15) is 12.1 Å². The lowest BCUT2D eigenvalue weighted by Crippen LogP contribution is -2.57. The zero-order chi connectivity index (χ0) is 19.1. The van der Waals surface area contributed by atoms with E-state index >= 15 is 0 Å². The van der Waals surface area contributed by atoms with E-state index in [-0.39, 0.29) is 6.54 Å². The van der Waals surface area contributed by atoms with Gasteiger partial charge in [0.2, 0.25) is 5.91 Å². The summed E-state index contributed by atoms with van der Waals surface area (Å²) < 4.78 is 0. The van der Waals surface area contributed by atoms with Crippen LogP contribution in [-0.2, 0) is 20.8 Å². The summed E-state index contributed by atoms with van der Waals surface area (Å²) in [6.45, 7) is 0.243. The van der Waals surface area contributed by atoms with Crippen LogP contribution in [0.15, 0.2) is 30.3 Å². The number of amides is 1. The van der Waals surface area contributed by atoms with Crippen LogP contribution in [0, 0.1) is 0 Å². The Labute approximate surface area is 152 Å². The van der Waals surface area contributed by atoms with Gasteiger partial charge in [0.25, 0.3) is 0 Å². The number of nitrogens with zero attached hydrogens (tertiary/aromatic N) is 1. The third-order valence-corrected chi connectivity index (χ3v) is 4.62. The van der Waals surface area contributed by atoms with Crippen LogP contribution in [0.1, 0.15) is 24.8 Å². The van der Waals surface area contributed by atoms with Crippen LogP contribution in [0.4, 0.5) is 0 Å². The van der Waals surface area contributed by atoms with E-state index < -0.39 is 36.0 Å². The first-order valence-corrected chi connectivity index (χ1v) is 8.70. The average Bonchev–Trinajstić information content (AvgIpc) is 3.12. The Hall–Kier alpha value is -2.45. The van der Waals surface area contributed by atoms with E-state index in [1.165, 1.54) is 4.90 Å². The molecule has 26 heavy (non-hydrogen) atoms. The molecule has 5 N–H and O–H groups in total. The molecular formula is C18H25N3O5. The zero-order valence-corrected chi connectivity index (χ0v) is 14.5. The number of carbonyl (C=O) groups is 3. The number of aliphatic carboxylic acids is 2. The van der Waals surface area contributed by atoms with Gasteiger partial charge in [0.05, 0.1) is 6.04 Å². The summed E-state index contributed by atoms with van der Waals surface area (Å²) in [4.78, 5) is 36.8. The van der Waals surface area contributed by atoms with E-state index in [4.69, 9.17) is 5.73 Å². The number of nitrogens with one attached hydrogen (secondary N) is 1. The van der Waals surface area contributed by atoms with E-state index in [9.17, 15) is 24.6 Å². The normalized spacial score (nSPS) is 19.1. The van der Waals surface area contributed by atoms with Crippen molar-refractivity contribution in [2.45, 2.75) is 43.8 Å². The number of hydrogen-bond acceptors (Lipinski definition) is 5. The fraction of sp³-hybridized carbons (Fsp3) is 0.500. The fourth-order valence-corrected chi connectivity index (χ4v) is 3.20. The summed E-state index contributed by atoms with van der Waals surface area (Å²) in [5, 5.41) is 21.5. The molecule has 0 aromatic heterocycles. The number of aryl methyl sites for hydroxylation is 1. The van der Waals surface area contributed by atoms with Crippen LogP contribution >= 0.6 is 0 Å². The number of nitrogens with two attached hydrogens (primary N) is 1. The van der Waals surface area contributed by atoms with Crippen molar-refractivity contribution in [3.05, 3.63) is 35.9 Å². The highest BCUT2D eigenvalue weighted by molar-refractivity contribution is 5.88. The molecule has 0 bridgehead atoms. The summed E-state index contributed by atoms with van der Waals surface area (Å²) in [6.07, 6.45) is 1.84. The number of carbonyl (C=O) groups excluding carboxylic acids is 1. The maximum atomic E-state index is 12.7. The molecule has 1 aromatic carbocycles. The number of hydrogen-bond donors (Lipinski definition) is 4. The highest BCUT2D eigenvalue weighted by atomic mass is 16.4. The third kappa shape index (κ3) is 5.03. The molecular weight excluding hydrogens is 338 g/mol. The van der Waals surface area contributed by atoms with Crippen molar-refractivity contribution in [3.8, 4) is 0 Å². The van der Waals surface area contributed by atoms with Crippen LogP contribution in [0.2, 0.25) is 0 Å². The topological polar surface area (TPSA) is 133 Å². The monoisotopic (exact) mass is 363 g/mol. The molecule has 1 heterocycles. The number of benzene rings is 1. The molecule has 1 aliphatic rings. The SMILES string of the molecule is NCC(NC(CCc1ccccc1)C(=O)O)C(=O)N1CCC[C@H]1C(=O)O. The van der Waals surface area contributed by atoms with E-state index in [2.05, 4.69) is 5.32 Å². The van der Waals surface area contributed by atoms with Gasteiger partial charge in [-0.05, 0) is 31.2 Å². The van der Waals surface area contributed by atoms with E-state index in [1.807, 2.05) is 30.3 Å². The van der Waals surface area contributed by atoms with Crippen LogP contribution in [0.3, 0.4) is 0 Å². The van der Waals surface area contributed by atoms with Crippen LogP contribution in [0.25, 0.3) is 0 Å². The Balaban J connectivity index is 2.01. The third-order valence-electron chi connectivity index (χ3n) is 4.62. The van der Waals surface area contributed by atoms with Gasteiger partial charge in [-0.25, -0.2) is 4.79 Å². The Kier molecular flexibility index (Phi) is 7.11. The van der Waals surface area contributed by atoms with Gasteiger partial charge < -0.3 is 20.8 Å². The summed E-state index contributed by atoms with van der Waals surface area (Å²) in [6, 6.07) is 6.72. The molecule has 1 fully saturated rings. The largest absolute Gasteiger partial charge is 0.480 e. The quantitative estimate of drug-likeness (QED) is 0.488. The fourth-order valence-electron chi connectivity index (χ4n) is 3.20. The Morgan fingerprint density at radius 1 is 1.19 bits per heavy atom. The minimum atomic E-state index is -1.07. The van der Waals surface area contributed by atoms with E-state index in [0.717, 1.165) is 5.56 Å². The molecule has 1 saturated heterocycles. The van der Waals surface area contributed by atoms with Gasteiger partial charge in [-0.1, -0.05) is 30.3 Å². The van der Waals surface area contributed by atoms with Crippen molar-refractivity contribution in [2.75, 3.05) is 13.1 Å². The molecule has 0 saturated carbocycles. The number of rotatable bonds is 9. The second kappa shape index (κ2) is 9.30. The first-order chi connectivity index (χ1) is 12.4. The Morgan fingerprint density at radius 2 is 1.88 bits per heavy atom. The van der Waals surface area contributed by atoms with Gasteiger partial charge in [-0.15, -0.1) is 0 Å². The van der Waals surface area contributed by atoms with Crippen molar-refractivity contribution in [2.24, 2.45) is 5.73 Å². The summed E-state index contributed by atoms with van der Waals surface area (Å²) in [5.74, 6) is -2.57. The maximum absolute atomic E-state index is 12.7. The van der Waals surface area contributed by atoms with Gasteiger partial charge in [-0.2, -0.15) is 0 Å². The van der Waals surface area contributed by atoms with Crippen molar-refractivity contribution in [3.63, 3.8) is 0 Å². The molecule has 3 atom stereocenters.